The zero-order valence-electron chi connectivity index (χ0n) is 12.9. The average Bonchev–Trinajstić information content (AvgIpc) is 2.89. The average molecular weight is 324 g/mol. The molecule has 6 nitrogen and oxygen atoms in total. The molecule has 1 aliphatic rings. The number of amides is 1. The Morgan fingerprint density at radius 2 is 2.09 bits per heavy atom. The van der Waals surface area contributed by atoms with Crippen LogP contribution in [0.5, 0.6) is 0 Å². The Hall–Kier alpha value is -1.66. The molecule has 120 valence electrons. The minimum Gasteiger partial charge on any atom is -0.338 e. The van der Waals surface area contributed by atoms with Crippen molar-refractivity contribution in [1.82, 2.24) is 19.5 Å². The highest BCUT2D eigenvalue weighted by atomic mass is 35.5. The fourth-order valence-corrected chi connectivity index (χ4v) is 2.91. The smallest absolute Gasteiger partial charge is 0.259 e. The van der Waals surface area contributed by atoms with Crippen molar-refractivity contribution in [1.29, 1.82) is 0 Å². The number of aromatic nitrogens is 3. The number of hydrogen-bond acceptors (Lipinski definition) is 4. The maximum atomic E-state index is 12.7. The number of rotatable bonds is 2. The predicted molar refractivity (Wildman–Crippen MR) is 87.2 cm³/mol. The van der Waals surface area contributed by atoms with E-state index in [9.17, 15) is 4.79 Å². The van der Waals surface area contributed by atoms with E-state index in [1.165, 1.54) is 0 Å². The van der Waals surface area contributed by atoms with E-state index in [0.717, 1.165) is 31.6 Å². The summed E-state index contributed by atoms with van der Waals surface area (Å²) in [6, 6.07) is 2.08. The first-order valence-corrected chi connectivity index (χ1v) is 7.42. The second-order valence-electron chi connectivity index (χ2n) is 5.88. The molecular weight excluding hydrogens is 302 g/mol. The number of hydrogen-bond donors (Lipinski definition) is 1. The van der Waals surface area contributed by atoms with Gasteiger partial charge in [0.25, 0.3) is 5.91 Å². The van der Waals surface area contributed by atoms with Crippen molar-refractivity contribution in [2.45, 2.75) is 32.7 Å². The van der Waals surface area contributed by atoms with Crippen molar-refractivity contribution >= 4 is 24.0 Å². The van der Waals surface area contributed by atoms with Crippen LogP contribution in [0.4, 0.5) is 0 Å². The van der Waals surface area contributed by atoms with Crippen LogP contribution in [0.15, 0.2) is 18.5 Å². The van der Waals surface area contributed by atoms with Gasteiger partial charge in [-0.05, 0) is 38.7 Å². The minimum absolute atomic E-state index is 0. The van der Waals surface area contributed by atoms with Crippen LogP contribution in [0.3, 0.4) is 0 Å². The highest BCUT2D eigenvalue weighted by molar-refractivity contribution is 5.99. The van der Waals surface area contributed by atoms with Gasteiger partial charge in [-0.25, -0.2) is 9.50 Å². The molecule has 2 aromatic heterocycles. The zero-order chi connectivity index (χ0) is 15.0. The summed E-state index contributed by atoms with van der Waals surface area (Å²) in [6.45, 7) is 5.47. The fraction of sp³-hybridized carbons (Fsp3) is 0.533. The molecule has 0 aliphatic carbocycles. The van der Waals surface area contributed by atoms with Crippen molar-refractivity contribution in [2.24, 2.45) is 11.7 Å². The number of aryl methyl sites for hydroxylation is 1. The highest BCUT2D eigenvalue weighted by Crippen LogP contribution is 2.22. The molecule has 1 fully saturated rings. The van der Waals surface area contributed by atoms with Gasteiger partial charge in [0.2, 0.25) is 0 Å². The first-order valence-electron chi connectivity index (χ1n) is 7.42. The molecule has 0 aromatic carbocycles. The summed E-state index contributed by atoms with van der Waals surface area (Å²) >= 11 is 0. The number of piperidine rings is 1. The Labute approximate surface area is 136 Å². The van der Waals surface area contributed by atoms with E-state index in [2.05, 4.69) is 10.1 Å². The molecule has 3 heterocycles. The van der Waals surface area contributed by atoms with Gasteiger partial charge < -0.3 is 10.6 Å². The van der Waals surface area contributed by atoms with Gasteiger partial charge in [-0.15, -0.1) is 12.4 Å². The van der Waals surface area contributed by atoms with Crippen LogP contribution in [-0.2, 0) is 0 Å². The maximum absolute atomic E-state index is 12.7. The van der Waals surface area contributed by atoms with Gasteiger partial charge in [0, 0.05) is 31.0 Å². The van der Waals surface area contributed by atoms with Crippen LogP contribution in [0, 0.1) is 12.8 Å². The number of halogens is 1. The topological polar surface area (TPSA) is 76.5 Å². The molecule has 1 atom stereocenters. The van der Waals surface area contributed by atoms with Gasteiger partial charge in [0.15, 0.2) is 5.65 Å². The Kier molecular flexibility index (Phi) is 5.03. The third kappa shape index (κ3) is 3.08. The molecule has 1 amide bonds. The fourth-order valence-electron chi connectivity index (χ4n) is 2.91. The summed E-state index contributed by atoms with van der Waals surface area (Å²) in [6.07, 6.45) is 5.38. The highest BCUT2D eigenvalue weighted by Gasteiger charge is 2.27. The minimum atomic E-state index is 0. The molecular formula is C15H22ClN5O. The largest absolute Gasteiger partial charge is 0.338 e. The molecule has 0 radical (unpaired) electrons. The molecule has 2 aromatic rings. The van der Waals surface area contributed by atoms with E-state index in [1.54, 1.807) is 10.7 Å². The molecule has 3 rings (SSSR count). The van der Waals surface area contributed by atoms with Crippen molar-refractivity contribution in [3.05, 3.63) is 29.7 Å². The van der Waals surface area contributed by atoms with E-state index < -0.39 is 0 Å². The molecule has 7 heteroatoms. The first kappa shape index (κ1) is 16.7. The summed E-state index contributed by atoms with van der Waals surface area (Å²) in [5.41, 5.74) is 8.04. The summed E-state index contributed by atoms with van der Waals surface area (Å²) in [7, 11) is 0. The quantitative estimate of drug-likeness (QED) is 0.912. The van der Waals surface area contributed by atoms with Crippen molar-refractivity contribution in [3.63, 3.8) is 0 Å². The SMILES string of the molecule is Cc1ccn2ncc(C(=O)N3CCC(C(C)N)CC3)c2n1.Cl. The summed E-state index contributed by atoms with van der Waals surface area (Å²) < 4.78 is 1.65. The lowest BCUT2D eigenvalue weighted by Gasteiger charge is -2.33. The second kappa shape index (κ2) is 6.62. The van der Waals surface area contributed by atoms with Crippen molar-refractivity contribution in [2.75, 3.05) is 13.1 Å². The lowest BCUT2D eigenvalue weighted by Crippen LogP contribution is -2.42. The Balaban J connectivity index is 0.00000176. The molecule has 1 unspecified atom stereocenters. The van der Waals surface area contributed by atoms with Crippen molar-refractivity contribution in [3.8, 4) is 0 Å². The normalized spacial score (nSPS) is 17.3. The van der Waals surface area contributed by atoms with E-state index in [4.69, 9.17) is 5.73 Å². The number of likely N-dealkylation sites (tertiary alicyclic amines) is 1. The van der Waals surface area contributed by atoms with Gasteiger partial charge in [-0.2, -0.15) is 5.10 Å². The number of fused-ring (bicyclic) bond motifs is 1. The summed E-state index contributed by atoms with van der Waals surface area (Å²) in [5.74, 6) is 0.532. The number of carbonyl (C=O) groups is 1. The van der Waals surface area contributed by atoms with Crippen LogP contribution in [0.1, 0.15) is 35.8 Å². The molecule has 0 bridgehead atoms. The molecule has 22 heavy (non-hydrogen) atoms. The van der Waals surface area contributed by atoms with Gasteiger partial charge in [-0.3, -0.25) is 4.79 Å². The molecule has 0 saturated carbocycles. The number of carbonyl (C=O) groups excluding carboxylic acids is 1. The van der Waals surface area contributed by atoms with E-state index in [1.807, 2.05) is 31.0 Å². The van der Waals surface area contributed by atoms with Crippen LogP contribution in [0.2, 0.25) is 0 Å². The third-order valence-electron chi connectivity index (χ3n) is 4.31. The number of nitrogens with zero attached hydrogens (tertiary/aromatic N) is 4. The van der Waals surface area contributed by atoms with Crippen molar-refractivity contribution < 1.29 is 4.79 Å². The molecule has 1 saturated heterocycles. The van der Waals surface area contributed by atoms with Gasteiger partial charge >= 0.3 is 0 Å². The Bertz CT molecular complexity index is 661. The van der Waals surface area contributed by atoms with Crippen LogP contribution < -0.4 is 5.73 Å². The lowest BCUT2D eigenvalue weighted by molar-refractivity contribution is 0.0682. The van der Waals surface area contributed by atoms with Crippen LogP contribution in [-0.4, -0.2) is 44.5 Å². The monoisotopic (exact) mass is 323 g/mol. The maximum Gasteiger partial charge on any atom is 0.259 e. The van der Waals surface area contributed by atoms with E-state index >= 15 is 0 Å². The van der Waals surface area contributed by atoms with E-state index in [-0.39, 0.29) is 24.4 Å². The Morgan fingerprint density at radius 1 is 1.41 bits per heavy atom. The Morgan fingerprint density at radius 3 is 2.73 bits per heavy atom. The molecule has 1 aliphatic heterocycles. The molecule has 0 spiro atoms. The first-order chi connectivity index (χ1) is 10.1. The van der Waals surface area contributed by atoms with Gasteiger partial charge in [-0.1, -0.05) is 0 Å². The zero-order valence-corrected chi connectivity index (χ0v) is 13.7. The number of nitrogens with two attached hydrogens (primary N) is 1. The lowest BCUT2D eigenvalue weighted by atomic mass is 9.91. The van der Waals surface area contributed by atoms with E-state index in [0.29, 0.717) is 17.1 Å². The predicted octanol–water partition coefficient (Wildman–Crippen LogP) is 1.66. The molecule has 2 N–H and O–H groups in total. The van der Waals surface area contributed by atoms with Gasteiger partial charge in [0.05, 0.1) is 6.20 Å². The second-order valence-corrected chi connectivity index (χ2v) is 5.88. The van der Waals surface area contributed by atoms with Crippen LogP contribution in [0.25, 0.3) is 5.65 Å². The summed E-state index contributed by atoms with van der Waals surface area (Å²) in [5, 5.41) is 4.21. The van der Waals surface area contributed by atoms with Crippen LogP contribution >= 0.6 is 12.4 Å². The summed E-state index contributed by atoms with van der Waals surface area (Å²) in [4.78, 5) is 19.0. The standard InChI is InChI=1S/C15H21N5O.ClH/c1-10-3-8-20-14(18-10)13(9-17-20)15(21)19-6-4-12(5-7-19)11(2)16;/h3,8-9,11-12H,4-7,16H2,1-2H3;1H. The van der Waals surface area contributed by atoms with Gasteiger partial charge in [0.1, 0.15) is 5.56 Å². The third-order valence-corrected chi connectivity index (χ3v) is 4.31.